The van der Waals surface area contributed by atoms with Gasteiger partial charge in [-0.05, 0) is 0 Å². The van der Waals surface area contributed by atoms with Gasteiger partial charge >= 0.3 is 0 Å². The third-order valence-electron chi connectivity index (χ3n) is 1.05. The van der Waals surface area contributed by atoms with Crippen LogP contribution in [0.2, 0.25) is 0 Å². The quantitative estimate of drug-likeness (QED) is 0.621. The van der Waals surface area contributed by atoms with E-state index in [0.717, 1.165) is 13.1 Å². The van der Waals surface area contributed by atoms with Gasteiger partial charge in [-0.2, -0.15) is 0 Å². The first-order valence-electron chi connectivity index (χ1n) is 3.43. The van der Waals surface area contributed by atoms with Gasteiger partial charge in [0, 0.05) is 23.6 Å². The van der Waals surface area contributed by atoms with E-state index in [-0.39, 0.29) is 0 Å². The maximum Gasteiger partial charge on any atom is 0.0245 e. The standard InChI is InChI=1S/C6H16N2S2/c1-5(3-7)9-10-6(2)4-8/h5-6H,3-4,7-8H2,1-2H3/t5-,6-/m1/s1. The van der Waals surface area contributed by atoms with Crippen molar-refractivity contribution in [1.82, 2.24) is 0 Å². The largest absolute Gasteiger partial charge is 0.329 e. The van der Waals surface area contributed by atoms with Crippen LogP contribution in [0.4, 0.5) is 0 Å². The lowest BCUT2D eigenvalue weighted by Gasteiger charge is -2.10. The molecule has 2 nitrogen and oxygen atoms in total. The van der Waals surface area contributed by atoms with Crippen molar-refractivity contribution in [3.8, 4) is 0 Å². The molecule has 0 saturated heterocycles. The molecule has 0 unspecified atom stereocenters. The Bertz CT molecular complexity index is 70.1. The fraction of sp³-hybridized carbons (Fsp3) is 1.00. The maximum absolute atomic E-state index is 5.43. The Balaban J connectivity index is 3.17. The lowest BCUT2D eigenvalue weighted by atomic mass is 10.5. The Labute approximate surface area is 70.9 Å². The van der Waals surface area contributed by atoms with Crippen LogP contribution >= 0.6 is 21.6 Å². The van der Waals surface area contributed by atoms with E-state index in [1.165, 1.54) is 0 Å². The average molecular weight is 180 g/mol. The highest BCUT2D eigenvalue weighted by Crippen LogP contribution is 2.29. The van der Waals surface area contributed by atoms with Crippen LogP contribution in [0.3, 0.4) is 0 Å². The third kappa shape index (κ3) is 5.41. The van der Waals surface area contributed by atoms with Crippen molar-refractivity contribution in [3.63, 3.8) is 0 Å². The van der Waals surface area contributed by atoms with E-state index in [1.807, 2.05) is 21.6 Å². The predicted octanol–water partition coefficient (Wildman–Crippen LogP) is 1.06. The van der Waals surface area contributed by atoms with Gasteiger partial charge in [0.05, 0.1) is 0 Å². The summed E-state index contributed by atoms with van der Waals surface area (Å²) >= 11 is 0. The maximum atomic E-state index is 5.43. The molecule has 10 heavy (non-hydrogen) atoms. The zero-order chi connectivity index (χ0) is 7.98. The number of hydrogen-bond acceptors (Lipinski definition) is 4. The molecule has 62 valence electrons. The molecule has 4 N–H and O–H groups in total. The van der Waals surface area contributed by atoms with E-state index in [9.17, 15) is 0 Å². The molecule has 0 bridgehead atoms. The first kappa shape index (κ1) is 10.6. The monoisotopic (exact) mass is 180 g/mol. The van der Waals surface area contributed by atoms with Crippen LogP contribution in [-0.4, -0.2) is 23.6 Å². The van der Waals surface area contributed by atoms with Gasteiger partial charge in [0.2, 0.25) is 0 Å². The molecule has 0 aromatic carbocycles. The van der Waals surface area contributed by atoms with Crippen molar-refractivity contribution >= 4 is 21.6 Å². The topological polar surface area (TPSA) is 52.0 Å². The molecule has 0 aliphatic rings. The second-order valence-corrected chi connectivity index (χ2v) is 5.43. The number of rotatable bonds is 5. The molecule has 0 fully saturated rings. The molecule has 0 aromatic rings. The Morgan fingerprint density at radius 1 is 1.00 bits per heavy atom. The zero-order valence-electron chi connectivity index (χ0n) is 6.54. The van der Waals surface area contributed by atoms with Crippen LogP contribution in [0.5, 0.6) is 0 Å². The van der Waals surface area contributed by atoms with E-state index >= 15 is 0 Å². The lowest BCUT2D eigenvalue weighted by Crippen LogP contribution is -2.15. The highest BCUT2D eigenvalue weighted by atomic mass is 33.1. The van der Waals surface area contributed by atoms with Crippen molar-refractivity contribution < 1.29 is 0 Å². The second-order valence-electron chi connectivity index (χ2n) is 2.29. The van der Waals surface area contributed by atoms with Crippen molar-refractivity contribution in [3.05, 3.63) is 0 Å². The summed E-state index contributed by atoms with van der Waals surface area (Å²) in [5.74, 6) is 0. The molecular formula is C6H16N2S2. The van der Waals surface area contributed by atoms with E-state index in [2.05, 4.69) is 13.8 Å². The first-order valence-corrected chi connectivity index (χ1v) is 5.70. The molecule has 0 heterocycles. The summed E-state index contributed by atoms with van der Waals surface area (Å²) in [7, 11) is 3.64. The number of hydrogen-bond donors (Lipinski definition) is 2. The summed E-state index contributed by atoms with van der Waals surface area (Å²) < 4.78 is 0. The van der Waals surface area contributed by atoms with Crippen LogP contribution in [0.15, 0.2) is 0 Å². The third-order valence-corrected chi connectivity index (χ3v) is 4.51. The van der Waals surface area contributed by atoms with Gasteiger partial charge in [0.15, 0.2) is 0 Å². The molecular weight excluding hydrogens is 164 g/mol. The Hall–Kier alpha value is 0.620. The van der Waals surface area contributed by atoms with E-state index in [1.54, 1.807) is 0 Å². The normalized spacial score (nSPS) is 16.8. The van der Waals surface area contributed by atoms with Crippen molar-refractivity contribution in [1.29, 1.82) is 0 Å². The minimum atomic E-state index is 0.541. The molecule has 0 aliphatic heterocycles. The van der Waals surface area contributed by atoms with Gasteiger partial charge in [-0.15, -0.1) is 0 Å². The summed E-state index contributed by atoms with van der Waals surface area (Å²) in [5.41, 5.74) is 10.9. The Morgan fingerprint density at radius 2 is 1.30 bits per heavy atom. The van der Waals surface area contributed by atoms with Gasteiger partial charge in [-0.25, -0.2) is 0 Å². The van der Waals surface area contributed by atoms with Crippen molar-refractivity contribution in [2.75, 3.05) is 13.1 Å². The number of nitrogens with two attached hydrogens (primary N) is 2. The van der Waals surface area contributed by atoms with Crippen molar-refractivity contribution in [2.45, 2.75) is 24.3 Å². The molecule has 0 aliphatic carbocycles. The van der Waals surface area contributed by atoms with Crippen LogP contribution in [0, 0.1) is 0 Å². The molecule has 2 atom stereocenters. The Kier molecular flexibility index (Phi) is 6.73. The first-order chi connectivity index (χ1) is 4.70. The molecule has 0 spiro atoms. The van der Waals surface area contributed by atoms with Gasteiger partial charge < -0.3 is 11.5 Å². The van der Waals surface area contributed by atoms with E-state index < -0.39 is 0 Å². The summed E-state index contributed by atoms with van der Waals surface area (Å²) in [5, 5.41) is 1.08. The summed E-state index contributed by atoms with van der Waals surface area (Å²) in [6, 6.07) is 0. The fourth-order valence-electron chi connectivity index (χ4n) is 0.268. The van der Waals surface area contributed by atoms with Crippen LogP contribution in [0.1, 0.15) is 13.8 Å². The smallest absolute Gasteiger partial charge is 0.0245 e. The molecule has 0 amide bonds. The molecule has 0 aromatic heterocycles. The minimum Gasteiger partial charge on any atom is -0.329 e. The summed E-state index contributed by atoms with van der Waals surface area (Å²) in [4.78, 5) is 0. The van der Waals surface area contributed by atoms with Crippen molar-refractivity contribution in [2.24, 2.45) is 11.5 Å². The summed E-state index contributed by atoms with van der Waals surface area (Å²) in [6.07, 6.45) is 0. The van der Waals surface area contributed by atoms with E-state index in [0.29, 0.717) is 10.5 Å². The SMILES string of the molecule is C[C@H](CN)SS[C@H](C)CN. The van der Waals surface area contributed by atoms with Gasteiger partial charge in [0.1, 0.15) is 0 Å². The molecule has 0 saturated carbocycles. The zero-order valence-corrected chi connectivity index (χ0v) is 8.17. The van der Waals surface area contributed by atoms with Crippen LogP contribution < -0.4 is 11.5 Å². The van der Waals surface area contributed by atoms with Crippen LogP contribution in [-0.2, 0) is 0 Å². The molecule has 0 radical (unpaired) electrons. The molecule has 0 rings (SSSR count). The van der Waals surface area contributed by atoms with Gasteiger partial charge in [-0.3, -0.25) is 0 Å². The van der Waals surface area contributed by atoms with Gasteiger partial charge in [-0.1, -0.05) is 35.4 Å². The highest BCUT2D eigenvalue weighted by molar-refractivity contribution is 8.77. The van der Waals surface area contributed by atoms with Gasteiger partial charge in [0.25, 0.3) is 0 Å². The lowest BCUT2D eigenvalue weighted by molar-refractivity contribution is 0.950. The fourth-order valence-corrected chi connectivity index (χ4v) is 2.41. The minimum absolute atomic E-state index is 0.541. The van der Waals surface area contributed by atoms with Crippen LogP contribution in [0.25, 0.3) is 0 Å². The second kappa shape index (κ2) is 6.34. The predicted molar refractivity (Wildman–Crippen MR) is 52.2 cm³/mol. The Morgan fingerprint density at radius 3 is 1.50 bits per heavy atom. The highest BCUT2D eigenvalue weighted by Gasteiger charge is 2.03. The van der Waals surface area contributed by atoms with E-state index in [4.69, 9.17) is 11.5 Å². The average Bonchev–Trinajstić information content (AvgIpc) is 1.99. The summed E-state index contributed by atoms with van der Waals surface area (Å²) in [6.45, 7) is 5.74. The molecule has 4 heteroatoms.